The summed E-state index contributed by atoms with van der Waals surface area (Å²) in [5.41, 5.74) is 0. The highest BCUT2D eigenvalue weighted by Gasteiger charge is 2.19. The van der Waals surface area contributed by atoms with E-state index in [-0.39, 0.29) is 0 Å². The summed E-state index contributed by atoms with van der Waals surface area (Å²) in [6.07, 6.45) is 5.07. The minimum absolute atomic E-state index is 0.397. The molecule has 12 heavy (non-hydrogen) atoms. The molecule has 0 radical (unpaired) electrons. The van der Waals surface area contributed by atoms with Gasteiger partial charge in [-0.3, -0.25) is 0 Å². The van der Waals surface area contributed by atoms with Crippen LogP contribution < -0.4 is 5.32 Å². The van der Waals surface area contributed by atoms with Crippen molar-refractivity contribution >= 4 is 0 Å². The van der Waals surface area contributed by atoms with Crippen molar-refractivity contribution in [3.8, 4) is 0 Å². The molecule has 72 valence electrons. The maximum atomic E-state index is 8.94. The van der Waals surface area contributed by atoms with E-state index in [9.17, 15) is 0 Å². The lowest BCUT2D eigenvalue weighted by Gasteiger charge is -2.27. The largest absolute Gasteiger partial charge is 0.396 e. The van der Waals surface area contributed by atoms with Crippen LogP contribution in [0.15, 0.2) is 0 Å². The Hall–Kier alpha value is -0.0800. The molecule has 0 unspecified atom stereocenters. The number of hydrogen-bond donors (Lipinski definition) is 2. The average Bonchev–Trinajstić information content (AvgIpc) is 2.15. The van der Waals surface area contributed by atoms with Gasteiger partial charge in [-0.2, -0.15) is 0 Å². The highest BCUT2D eigenvalue weighted by Crippen LogP contribution is 2.27. The van der Waals surface area contributed by atoms with Crippen LogP contribution in [0.2, 0.25) is 0 Å². The molecule has 1 aliphatic rings. The lowest BCUT2D eigenvalue weighted by Crippen LogP contribution is -2.27. The predicted molar refractivity (Wildman–Crippen MR) is 51.1 cm³/mol. The Morgan fingerprint density at radius 3 is 2.25 bits per heavy atom. The van der Waals surface area contributed by atoms with Crippen molar-refractivity contribution < 1.29 is 5.11 Å². The van der Waals surface area contributed by atoms with E-state index in [4.69, 9.17) is 5.11 Å². The van der Waals surface area contributed by atoms with Crippen LogP contribution in [0.3, 0.4) is 0 Å². The average molecular weight is 171 g/mol. The van der Waals surface area contributed by atoms with Crippen LogP contribution in [-0.2, 0) is 0 Å². The summed E-state index contributed by atoms with van der Waals surface area (Å²) in [4.78, 5) is 0. The molecule has 0 heterocycles. The van der Waals surface area contributed by atoms with Gasteiger partial charge in [0.05, 0.1) is 0 Å². The normalized spacial score (nSPS) is 30.5. The maximum absolute atomic E-state index is 8.94. The molecule has 0 aromatic rings. The van der Waals surface area contributed by atoms with Gasteiger partial charge >= 0.3 is 0 Å². The Bertz CT molecular complexity index is 108. The van der Waals surface area contributed by atoms with E-state index >= 15 is 0 Å². The standard InChI is InChI=1S/C10H21NO/c1-2-11-7-9-3-5-10(8-12)6-4-9/h9-12H,2-8H2,1H3. The Kier molecular flexibility index (Phi) is 4.62. The van der Waals surface area contributed by atoms with Gasteiger partial charge in [0.25, 0.3) is 0 Å². The van der Waals surface area contributed by atoms with Gasteiger partial charge < -0.3 is 10.4 Å². The summed E-state index contributed by atoms with van der Waals surface area (Å²) in [6, 6.07) is 0. The number of nitrogens with one attached hydrogen (secondary N) is 1. The highest BCUT2D eigenvalue weighted by molar-refractivity contribution is 4.73. The van der Waals surface area contributed by atoms with Gasteiger partial charge in [-0.1, -0.05) is 6.92 Å². The van der Waals surface area contributed by atoms with Crippen LogP contribution >= 0.6 is 0 Å². The Morgan fingerprint density at radius 1 is 1.17 bits per heavy atom. The number of rotatable bonds is 4. The topological polar surface area (TPSA) is 32.3 Å². The number of aliphatic hydroxyl groups excluding tert-OH is 1. The third-order valence-corrected chi connectivity index (χ3v) is 2.91. The molecule has 2 N–H and O–H groups in total. The number of hydrogen-bond acceptors (Lipinski definition) is 2. The van der Waals surface area contributed by atoms with Crippen molar-refractivity contribution in [2.45, 2.75) is 32.6 Å². The van der Waals surface area contributed by atoms with Gasteiger partial charge in [-0.15, -0.1) is 0 Å². The first-order valence-corrected chi connectivity index (χ1v) is 5.18. The fourth-order valence-electron chi connectivity index (χ4n) is 1.97. The Labute approximate surface area is 75.4 Å². The van der Waals surface area contributed by atoms with Crippen molar-refractivity contribution in [1.29, 1.82) is 0 Å². The predicted octanol–water partition coefficient (Wildman–Crippen LogP) is 1.39. The lowest BCUT2D eigenvalue weighted by atomic mass is 9.82. The molecular weight excluding hydrogens is 150 g/mol. The van der Waals surface area contributed by atoms with Gasteiger partial charge in [-0.25, -0.2) is 0 Å². The van der Waals surface area contributed by atoms with E-state index in [2.05, 4.69) is 12.2 Å². The van der Waals surface area contributed by atoms with Gasteiger partial charge in [0.1, 0.15) is 0 Å². The van der Waals surface area contributed by atoms with Crippen LogP contribution in [0.1, 0.15) is 32.6 Å². The molecule has 1 fully saturated rings. The van der Waals surface area contributed by atoms with Crippen LogP contribution in [-0.4, -0.2) is 24.8 Å². The van der Waals surface area contributed by atoms with Crippen LogP contribution in [0.25, 0.3) is 0 Å². The second-order valence-electron chi connectivity index (χ2n) is 3.88. The van der Waals surface area contributed by atoms with Crippen LogP contribution in [0.5, 0.6) is 0 Å². The third kappa shape index (κ3) is 3.11. The van der Waals surface area contributed by atoms with Crippen molar-refractivity contribution in [1.82, 2.24) is 5.32 Å². The summed E-state index contributed by atoms with van der Waals surface area (Å²) in [7, 11) is 0. The fraction of sp³-hybridized carbons (Fsp3) is 1.00. The Morgan fingerprint density at radius 2 is 1.75 bits per heavy atom. The molecule has 0 aliphatic heterocycles. The maximum Gasteiger partial charge on any atom is 0.0459 e. The second kappa shape index (κ2) is 5.55. The van der Waals surface area contributed by atoms with Crippen molar-refractivity contribution in [2.24, 2.45) is 11.8 Å². The quantitative estimate of drug-likeness (QED) is 0.670. The first-order chi connectivity index (χ1) is 5.86. The minimum Gasteiger partial charge on any atom is -0.396 e. The van der Waals surface area contributed by atoms with Gasteiger partial charge in [0, 0.05) is 6.61 Å². The molecule has 2 nitrogen and oxygen atoms in total. The molecule has 0 atom stereocenters. The molecule has 0 bridgehead atoms. The molecule has 2 heteroatoms. The molecule has 0 amide bonds. The highest BCUT2D eigenvalue weighted by atomic mass is 16.3. The Balaban J connectivity index is 2.09. The van der Waals surface area contributed by atoms with E-state index in [0.29, 0.717) is 12.5 Å². The first-order valence-electron chi connectivity index (χ1n) is 5.18. The van der Waals surface area contributed by atoms with Gasteiger partial charge in [0.15, 0.2) is 0 Å². The smallest absolute Gasteiger partial charge is 0.0459 e. The van der Waals surface area contributed by atoms with E-state index in [1.165, 1.54) is 32.2 Å². The molecule has 1 saturated carbocycles. The zero-order valence-corrected chi connectivity index (χ0v) is 8.05. The first kappa shape index (κ1) is 10.0. The molecule has 0 saturated heterocycles. The summed E-state index contributed by atoms with van der Waals surface area (Å²) in [5.74, 6) is 1.47. The number of aliphatic hydroxyl groups is 1. The third-order valence-electron chi connectivity index (χ3n) is 2.91. The molecule has 1 aliphatic carbocycles. The summed E-state index contributed by atoms with van der Waals surface area (Å²) >= 11 is 0. The summed E-state index contributed by atoms with van der Waals surface area (Å²) in [5, 5.41) is 12.3. The minimum atomic E-state index is 0.397. The summed E-state index contributed by atoms with van der Waals surface area (Å²) in [6.45, 7) is 4.81. The summed E-state index contributed by atoms with van der Waals surface area (Å²) < 4.78 is 0. The van der Waals surface area contributed by atoms with E-state index in [1.54, 1.807) is 0 Å². The lowest BCUT2D eigenvalue weighted by molar-refractivity contribution is 0.166. The van der Waals surface area contributed by atoms with E-state index < -0.39 is 0 Å². The van der Waals surface area contributed by atoms with Crippen LogP contribution in [0, 0.1) is 11.8 Å². The zero-order chi connectivity index (χ0) is 8.81. The SMILES string of the molecule is CCNCC1CCC(CO)CC1. The fourth-order valence-corrected chi connectivity index (χ4v) is 1.97. The van der Waals surface area contributed by atoms with Crippen molar-refractivity contribution in [3.63, 3.8) is 0 Å². The van der Waals surface area contributed by atoms with Gasteiger partial charge in [0.2, 0.25) is 0 Å². The molecule has 0 spiro atoms. The van der Waals surface area contributed by atoms with Gasteiger partial charge in [-0.05, 0) is 50.6 Å². The molecule has 0 aromatic heterocycles. The zero-order valence-electron chi connectivity index (χ0n) is 8.05. The van der Waals surface area contributed by atoms with E-state index in [0.717, 1.165) is 12.5 Å². The van der Waals surface area contributed by atoms with Crippen molar-refractivity contribution in [3.05, 3.63) is 0 Å². The molecule has 0 aromatic carbocycles. The molecule has 1 rings (SSSR count). The van der Waals surface area contributed by atoms with Crippen LogP contribution in [0.4, 0.5) is 0 Å². The van der Waals surface area contributed by atoms with Crippen molar-refractivity contribution in [2.75, 3.05) is 19.7 Å². The monoisotopic (exact) mass is 171 g/mol. The van der Waals surface area contributed by atoms with E-state index in [1.807, 2.05) is 0 Å². The molecular formula is C10H21NO. The second-order valence-corrected chi connectivity index (χ2v) is 3.88.